The number of hydrogen-bond acceptors (Lipinski definition) is 4. The Labute approximate surface area is 163 Å². The monoisotopic (exact) mass is 403 g/mol. The van der Waals surface area contributed by atoms with Crippen molar-refractivity contribution >= 4 is 11.6 Å². The standard InChI is InChI=1S/C20H16F3N3O3/c1-29-16-8-6-15(7-9-16)25-18(27)11-26-12-24-17(10-19(26)28)13-2-4-14(5-3-13)20(21,22)23/h2-10,12H,11H2,1H3,(H,25,27). The summed E-state index contributed by atoms with van der Waals surface area (Å²) >= 11 is 0. The summed E-state index contributed by atoms with van der Waals surface area (Å²) in [5.41, 5.74) is -0.164. The van der Waals surface area contributed by atoms with Crippen LogP contribution in [0.1, 0.15) is 5.56 Å². The van der Waals surface area contributed by atoms with Crippen molar-refractivity contribution in [3.63, 3.8) is 0 Å². The number of ether oxygens (including phenoxy) is 1. The molecule has 2 aromatic carbocycles. The van der Waals surface area contributed by atoms with E-state index in [1.807, 2.05) is 0 Å². The largest absolute Gasteiger partial charge is 0.497 e. The van der Waals surface area contributed by atoms with Gasteiger partial charge >= 0.3 is 6.18 Å². The van der Waals surface area contributed by atoms with Crippen LogP contribution in [0.2, 0.25) is 0 Å². The molecule has 0 saturated heterocycles. The molecular formula is C20H16F3N3O3. The van der Waals surface area contributed by atoms with Crippen molar-refractivity contribution in [1.29, 1.82) is 0 Å². The third kappa shape index (κ3) is 5.01. The number of nitrogens with zero attached hydrogens (tertiary/aromatic N) is 2. The molecule has 3 aromatic rings. The van der Waals surface area contributed by atoms with E-state index in [0.29, 0.717) is 17.0 Å². The predicted molar refractivity (Wildman–Crippen MR) is 101 cm³/mol. The summed E-state index contributed by atoms with van der Waals surface area (Å²) in [4.78, 5) is 28.5. The van der Waals surface area contributed by atoms with E-state index in [1.165, 1.54) is 31.6 Å². The highest BCUT2D eigenvalue weighted by molar-refractivity contribution is 5.90. The van der Waals surface area contributed by atoms with Crippen molar-refractivity contribution in [2.45, 2.75) is 12.7 Å². The third-order valence-corrected chi connectivity index (χ3v) is 4.08. The van der Waals surface area contributed by atoms with Crippen molar-refractivity contribution < 1.29 is 22.7 Å². The molecule has 0 atom stereocenters. The third-order valence-electron chi connectivity index (χ3n) is 4.08. The molecule has 1 aromatic heterocycles. The molecule has 3 rings (SSSR count). The van der Waals surface area contributed by atoms with Crippen molar-refractivity contribution in [1.82, 2.24) is 9.55 Å². The highest BCUT2D eigenvalue weighted by atomic mass is 19.4. The van der Waals surface area contributed by atoms with Crippen LogP contribution in [0.25, 0.3) is 11.3 Å². The molecule has 0 aliphatic rings. The van der Waals surface area contributed by atoms with Crippen LogP contribution in [0.3, 0.4) is 0 Å². The quantitative estimate of drug-likeness (QED) is 0.707. The molecular weight excluding hydrogens is 387 g/mol. The maximum absolute atomic E-state index is 12.6. The van der Waals surface area contributed by atoms with E-state index in [-0.39, 0.29) is 12.2 Å². The normalized spacial score (nSPS) is 11.2. The molecule has 150 valence electrons. The second kappa shape index (κ2) is 8.17. The van der Waals surface area contributed by atoms with Gasteiger partial charge < -0.3 is 10.1 Å². The van der Waals surface area contributed by atoms with Crippen molar-refractivity contribution in [3.8, 4) is 17.0 Å². The summed E-state index contributed by atoms with van der Waals surface area (Å²) in [6.07, 6.45) is -3.25. The van der Waals surface area contributed by atoms with E-state index in [4.69, 9.17) is 4.74 Å². The van der Waals surface area contributed by atoms with Crippen molar-refractivity contribution in [2.24, 2.45) is 0 Å². The number of nitrogens with one attached hydrogen (secondary N) is 1. The highest BCUT2D eigenvalue weighted by Gasteiger charge is 2.30. The fraction of sp³-hybridized carbons (Fsp3) is 0.150. The summed E-state index contributed by atoms with van der Waals surface area (Å²) < 4.78 is 44.1. The summed E-state index contributed by atoms with van der Waals surface area (Å²) in [6.45, 7) is -0.259. The molecule has 1 N–H and O–H groups in total. The summed E-state index contributed by atoms with van der Waals surface area (Å²) in [5, 5.41) is 2.65. The lowest BCUT2D eigenvalue weighted by Gasteiger charge is -2.09. The Bertz CT molecular complexity index is 1060. The van der Waals surface area contributed by atoms with Gasteiger partial charge in [-0.25, -0.2) is 4.98 Å². The summed E-state index contributed by atoms with van der Waals surface area (Å²) in [7, 11) is 1.53. The lowest BCUT2D eigenvalue weighted by atomic mass is 10.1. The Morgan fingerprint density at radius 2 is 1.76 bits per heavy atom. The van der Waals surface area contributed by atoms with Gasteiger partial charge in [-0.2, -0.15) is 13.2 Å². The van der Waals surface area contributed by atoms with Gasteiger partial charge in [0.05, 0.1) is 24.7 Å². The molecule has 1 amide bonds. The van der Waals surface area contributed by atoms with Crippen LogP contribution in [0.15, 0.2) is 65.7 Å². The van der Waals surface area contributed by atoms with E-state index in [2.05, 4.69) is 10.3 Å². The van der Waals surface area contributed by atoms with Gasteiger partial charge in [-0.15, -0.1) is 0 Å². The molecule has 0 radical (unpaired) electrons. The molecule has 9 heteroatoms. The number of hydrogen-bond donors (Lipinski definition) is 1. The van der Waals surface area contributed by atoms with E-state index >= 15 is 0 Å². The van der Waals surface area contributed by atoms with Gasteiger partial charge in [-0.1, -0.05) is 12.1 Å². The van der Waals surface area contributed by atoms with E-state index < -0.39 is 23.2 Å². The first-order valence-electron chi connectivity index (χ1n) is 8.44. The molecule has 0 aliphatic carbocycles. The number of carbonyl (C=O) groups excluding carboxylic acids is 1. The minimum Gasteiger partial charge on any atom is -0.497 e. The summed E-state index contributed by atoms with van der Waals surface area (Å²) in [6, 6.07) is 12.2. The van der Waals surface area contributed by atoms with Gasteiger partial charge in [0, 0.05) is 17.3 Å². The van der Waals surface area contributed by atoms with Crippen molar-refractivity contribution in [3.05, 3.63) is 76.8 Å². The zero-order chi connectivity index (χ0) is 21.0. The minimum atomic E-state index is -4.44. The average molecular weight is 403 g/mol. The SMILES string of the molecule is COc1ccc(NC(=O)Cn2cnc(-c3ccc(C(F)(F)F)cc3)cc2=O)cc1. The number of rotatable bonds is 5. The van der Waals surface area contributed by atoms with E-state index in [1.54, 1.807) is 24.3 Å². The van der Waals surface area contributed by atoms with Gasteiger partial charge in [-0.3, -0.25) is 14.2 Å². The molecule has 0 saturated carbocycles. The fourth-order valence-corrected chi connectivity index (χ4v) is 2.56. The number of anilines is 1. The van der Waals surface area contributed by atoms with Crippen LogP contribution in [0, 0.1) is 0 Å². The Morgan fingerprint density at radius 3 is 2.31 bits per heavy atom. The smallest absolute Gasteiger partial charge is 0.416 e. The van der Waals surface area contributed by atoms with Crippen LogP contribution in [0.5, 0.6) is 5.75 Å². The van der Waals surface area contributed by atoms with Crippen molar-refractivity contribution in [2.75, 3.05) is 12.4 Å². The molecule has 0 fully saturated rings. The van der Waals surface area contributed by atoms with Crippen LogP contribution in [-0.2, 0) is 17.5 Å². The second-order valence-corrected chi connectivity index (χ2v) is 6.09. The second-order valence-electron chi connectivity index (χ2n) is 6.09. The molecule has 6 nitrogen and oxygen atoms in total. The van der Waals surface area contributed by atoms with Crippen LogP contribution in [0.4, 0.5) is 18.9 Å². The first-order valence-corrected chi connectivity index (χ1v) is 8.44. The first-order chi connectivity index (χ1) is 13.8. The number of amides is 1. The zero-order valence-electron chi connectivity index (χ0n) is 15.2. The predicted octanol–water partition coefficient (Wildman–Crippen LogP) is 3.58. The average Bonchev–Trinajstić information content (AvgIpc) is 2.69. The van der Waals surface area contributed by atoms with E-state index in [9.17, 15) is 22.8 Å². The number of alkyl halides is 3. The Morgan fingerprint density at radius 1 is 1.10 bits per heavy atom. The lowest BCUT2D eigenvalue weighted by molar-refractivity contribution is -0.137. The molecule has 29 heavy (non-hydrogen) atoms. The molecule has 0 spiro atoms. The minimum absolute atomic E-state index is 0.218. The van der Waals surface area contributed by atoms with E-state index in [0.717, 1.165) is 16.7 Å². The molecule has 0 aliphatic heterocycles. The van der Waals surface area contributed by atoms with Crippen LogP contribution < -0.4 is 15.6 Å². The fourth-order valence-electron chi connectivity index (χ4n) is 2.56. The van der Waals surface area contributed by atoms with Crippen LogP contribution >= 0.6 is 0 Å². The number of halogens is 3. The maximum atomic E-state index is 12.6. The number of aromatic nitrogens is 2. The number of benzene rings is 2. The van der Waals surface area contributed by atoms with Gasteiger partial charge in [0.2, 0.25) is 5.91 Å². The molecule has 1 heterocycles. The molecule has 0 unspecified atom stereocenters. The number of carbonyl (C=O) groups is 1. The maximum Gasteiger partial charge on any atom is 0.416 e. The topological polar surface area (TPSA) is 73.2 Å². The van der Waals surface area contributed by atoms with Gasteiger partial charge in [-0.05, 0) is 36.4 Å². The number of methoxy groups -OCH3 is 1. The molecule has 0 bridgehead atoms. The van der Waals surface area contributed by atoms with Crippen LogP contribution in [-0.4, -0.2) is 22.6 Å². The Balaban J connectivity index is 1.70. The van der Waals surface area contributed by atoms with Gasteiger partial charge in [0.15, 0.2) is 0 Å². The zero-order valence-corrected chi connectivity index (χ0v) is 15.2. The highest BCUT2D eigenvalue weighted by Crippen LogP contribution is 2.30. The Kier molecular flexibility index (Phi) is 5.67. The first kappa shape index (κ1) is 20.1. The van der Waals surface area contributed by atoms with Gasteiger partial charge in [0.1, 0.15) is 12.3 Å². The lowest BCUT2D eigenvalue weighted by Crippen LogP contribution is -2.27. The van der Waals surface area contributed by atoms with Gasteiger partial charge in [0.25, 0.3) is 5.56 Å². The summed E-state index contributed by atoms with van der Waals surface area (Å²) in [5.74, 6) is 0.212. The Hall–Kier alpha value is -3.62.